The Bertz CT molecular complexity index is 523. The highest BCUT2D eigenvalue weighted by atomic mass is 16.5. The van der Waals surface area contributed by atoms with Crippen LogP contribution in [0.4, 0.5) is 0 Å². The molecule has 0 bridgehead atoms. The van der Waals surface area contributed by atoms with E-state index in [4.69, 9.17) is 9.47 Å². The van der Waals surface area contributed by atoms with Gasteiger partial charge >= 0.3 is 0 Å². The lowest BCUT2D eigenvalue weighted by Crippen LogP contribution is -2.45. The van der Waals surface area contributed by atoms with Gasteiger partial charge in [-0.05, 0) is 6.07 Å². The molecule has 1 amide bonds. The van der Waals surface area contributed by atoms with Crippen molar-refractivity contribution >= 4 is 5.91 Å². The molecule has 0 spiro atoms. The Morgan fingerprint density at radius 1 is 1.47 bits per heavy atom. The van der Waals surface area contributed by atoms with Crippen LogP contribution in [0, 0.1) is 0 Å². The molecule has 100 valence electrons. The SMILES string of the molecule is O=C(N[C@H]1COC[C@H]1Oc1cn[nH]c1)c1cc[nH]c1. The minimum Gasteiger partial charge on any atom is -0.482 e. The number of aromatic nitrogens is 3. The first-order chi connectivity index (χ1) is 9.33. The van der Waals surface area contributed by atoms with Crippen molar-refractivity contribution in [2.75, 3.05) is 13.2 Å². The molecule has 19 heavy (non-hydrogen) atoms. The van der Waals surface area contributed by atoms with Gasteiger partial charge in [0.15, 0.2) is 5.75 Å². The zero-order chi connectivity index (χ0) is 13.1. The lowest BCUT2D eigenvalue weighted by molar-refractivity contribution is 0.0904. The van der Waals surface area contributed by atoms with E-state index in [0.29, 0.717) is 24.5 Å². The van der Waals surface area contributed by atoms with E-state index < -0.39 is 0 Å². The van der Waals surface area contributed by atoms with Gasteiger partial charge in [-0.3, -0.25) is 9.89 Å². The van der Waals surface area contributed by atoms with E-state index >= 15 is 0 Å². The third kappa shape index (κ3) is 2.60. The Morgan fingerprint density at radius 2 is 2.42 bits per heavy atom. The molecule has 7 nitrogen and oxygen atoms in total. The Balaban J connectivity index is 1.62. The summed E-state index contributed by atoms with van der Waals surface area (Å²) in [5.74, 6) is 0.494. The van der Waals surface area contributed by atoms with Crippen molar-refractivity contribution in [3.05, 3.63) is 36.4 Å². The molecule has 0 saturated carbocycles. The largest absolute Gasteiger partial charge is 0.482 e. The maximum atomic E-state index is 11.9. The molecule has 0 radical (unpaired) electrons. The number of carbonyl (C=O) groups excluding carboxylic acids is 1. The van der Waals surface area contributed by atoms with E-state index in [2.05, 4.69) is 20.5 Å². The van der Waals surface area contributed by atoms with Crippen LogP contribution < -0.4 is 10.1 Å². The van der Waals surface area contributed by atoms with E-state index in [1.165, 1.54) is 0 Å². The Labute approximate surface area is 109 Å². The minimum absolute atomic E-state index is 0.141. The van der Waals surface area contributed by atoms with Gasteiger partial charge in [-0.15, -0.1) is 0 Å². The van der Waals surface area contributed by atoms with Gasteiger partial charge in [-0.2, -0.15) is 5.10 Å². The number of nitrogens with one attached hydrogen (secondary N) is 3. The van der Waals surface area contributed by atoms with Crippen molar-refractivity contribution in [1.29, 1.82) is 0 Å². The quantitative estimate of drug-likeness (QED) is 0.739. The van der Waals surface area contributed by atoms with E-state index in [-0.39, 0.29) is 18.1 Å². The predicted molar refractivity (Wildman–Crippen MR) is 65.9 cm³/mol. The molecule has 3 N–H and O–H groups in total. The first kappa shape index (κ1) is 11.8. The monoisotopic (exact) mass is 262 g/mol. The maximum Gasteiger partial charge on any atom is 0.253 e. The third-order valence-corrected chi connectivity index (χ3v) is 2.97. The first-order valence-electron chi connectivity index (χ1n) is 6.00. The molecule has 1 aliphatic rings. The summed E-state index contributed by atoms with van der Waals surface area (Å²) in [6, 6.07) is 1.55. The number of aromatic amines is 2. The maximum absolute atomic E-state index is 11.9. The third-order valence-electron chi connectivity index (χ3n) is 2.97. The lowest BCUT2D eigenvalue weighted by atomic mass is 10.2. The summed E-state index contributed by atoms with van der Waals surface area (Å²) in [6.45, 7) is 0.891. The predicted octanol–water partition coefficient (Wildman–Crippen LogP) is 0.314. The van der Waals surface area contributed by atoms with E-state index in [9.17, 15) is 4.79 Å². The first-order valence-corrected chi connectivity index (χ1v) is 6.00. The van der Waals surface area contributed by atoms with Gasteiger partial charge in [-0.25, -0.2) is 0 Å². The van der Waals surface area contributed by atoms with Crippen LogP contribution in [-0.4, -0.2) is 46.4 Å². The van der Waals surface area contributed by atoms with Gasteiger partial charge in [0.1, 0.15) is 6.10 Å². The summed E-state index contributed by atoms with van der Waals surface area (Å²) in [6.07, 6.45) is 6.39. The van der Waals surface area contributed by atoms with Gasteiger partial charge in [0.25, 0.3) is 5.91 Å². The van der Waals surface area contributed by atoms with E-state index in [1.807, 2.05) is 0 Å². The molecule has 7 heteroatoms. The van der Waals surface area contributed by atoms with Crippen LogP contribution in [0.3, 0.4) is 0 Å². The molecule has 1 saturated heterocycles. The zero-order valence-corrected chi connectivity index (χ0v) is 10.1. The number of ether oxygens (including phenoxy) is 2. The molecule has 1 fully saturated rings. The van der Waals surface area contributed by atoms with Crippen LogP contribution in [0.2, 0.25) is 0 Å². The zero-order valence-electron chi connectivity index (χ0n) is 10.1. The minimum atomic E-state index is -0.208. The summed E-state index contributed by atoms with van der Waals surface area (Å²) in [4.78, 5) is 14.8. The molecule has 2 aromatic heterocycles. The molecular formula is C12H14N4O3. The van der Waals surface area contributed by atoms with Gasteiger partial charge in [-0.1, -0.05) is 0 Å². The molecule has 0 aliphatic carbocycles. The van der Waals surface area contributed by atoms with Gasteiger partial charge in [0.2, 0.25) is 0 Å². The Hall–Kier alpha value is -2.28. The molecule has 3 rings (SSSR count). The fraction of sp³-hybridized carbons (Fsp3) is 0.333. The van der Waals surface area contributed by atoms with Gasteiger partial charge in [0.05, 0.1) is 37.2 Å². The molecular weight excluding hydrogens is 248 g/mol. The smallest absolute Gasteiger partial charge is 0.253 e. The van der Waals surface area contributed by atoms with Crippen molar-refractivity contribution in [2.45, 2.75) is 12.1 Å². The highest BCUT2D eigenvalue weighted by Gasteiger charge is 2.31. The lowest BCUT2D eigenvalue weighted by Gasteiger charge is -2.19. The normalized spacial score (nSPS) is 22.3. The highest BCUT2D eigenvalue weighted by Crippen LogP contribution is 2.15. The topological polar surface area (TPSA) is 92.0 Å². The van der Waals surface area contributed by atoms with Crippen LogP contribution in [0.5, 0.6) is 5.75 Å². The van der Waals surface area contributed by atoms with Gasteiger partial charge in [0, 0.05) is 12.4 Å². The summed E-state index contributed by atoms with van der Waals surface area (Å²) in [7, 11) is 0. The molecule has 0 unspecified atom stereocenters. The van der Waals surface area contributed by atoms with Crippen LogP contribution >= 0.6 is 0 Å². The second-order valence-electron chi connectivity index (χ2n) is 4.31. The number of hydrogen-bond acceptors (Lipinski definition) is 4. The highest BCUT2D eigenvalue weighted by molar-refractivity contribution is 5.94. The molecule has 0 aromatic carbocycles. The Morgan fingerprint density at radius 3 is 3.16 bits per heavy atom. The van der Waals surface area contributed by atoms with Crippen molar-refractivity contribution in [3.63, 3.8) is 0 Å². The van der Waals surface area contributed by atoms with E-state index in [1.54, 1.807) is 30.9 Å². The average molecular weight is 262 g/mol. The molecule has 2 atom stereocenters. The van der Waals surface area contributed by atoms with E-state index in [0.717, 1.165) is 0 Å². The molecule has 2 aromatic rings. The number of H-pyrrole nitrogens is 2. The van der Waals surface area contributed by atoms with Crippen molar-refractivity contribution in [3.8, 4) is 5.75 Å². The van der Waals surface area contributed by atoms with Crippen LogP contribution in [0.1, 0.15) is 10.4 Å². The average Bonchev–Trinajstić information content (AvgIpc) is 3.12. The number of nitrogens with zero attached hydrogens (tertiary/aromatic N) is 1. The summed E-state index contributed by atoms with van der Waals surface area (Å²) >= 11 is 0. The summed E-state index contributed by atoms with van der Waals surface area (Å²) < 4.78 is 11.1. The fourth-order valence-electron chi connectivity index (χ4n) is 1.98. The number of amides is 1. The number of carbonyl (C=O) groups is 1. The number of hydrogen-bond donors (Lipinski definition) is 3. The van der Waals surface area contributed by atoms with Crippen molar-refractivity contribution in [2.24, 2.45) is 0 Å². The van der Waals surface area contributed by atoms with Gasteiger partial charge < -0.3 is 19.8 Å². The molecule has 3 heterocycles. The van der Waals surface area contributed by atoms with Crippen molar-refractivity contribution in [1.82, 2.24) is 20.5 Å². The fourth-order valence-corrected chi connectivity index (χ4v) is 1.98. The second-order valence-corrected chi connectivity index (χ2v) is 4.31. The van der Waals surface area contributed by atoms with Crippen LogP contribution in [-0.2, 0) is 4.74 Å². The molecule has 1 aliphatic heterocycles. The standard InChI is InChI=1S/C12H14N4O3/c17-12(8-1-2-13-3-8)16-10-6-18-7-11(10)19-9-4-14-15-5-9/h1-5,10-11,13H,6-7H2,(H,14,15)(H,16,17)/t10-,11+/m0/s1. The number of rotatable bonds is 4. The summed E-state index contributed by atoms with van der Waals surface area (Å²) in [5, 5.41) is 9.39. The summed E-state index contributed by atoms with van der Waals surface area (Å²) in [5.41, 5.74) is 0.592. The van der Waals surface area contributed by atoms with Crippen LogP contribution in [0.15, 0.2) is 30.9 Å². The Kier molecular flexibility index (Phi) is 3.20. The van der Waals surface area contributed by atoms with Crippen molar-refractivity contribution < 1.29 is 14.3 Å². The van der Waals surface area contributed by atoms with Crippen LogP contribution in [0.25, 0.3) is 0 Å². The second kappa shape index (κ2) is 5.15.